The Morgan fingerprint density at radius 1 is 1.12 bits per heavy atom. The van der Waals surface area contributed by atoms with Gasteiger partial charge in [0.2, 0.25) is 10.0 Å². The number of ether oxygens (including phenoxy) is 3. The van der Waals surface area contributed by atoms with Gasteiger partial charge in [-0.1, -0.05) is 30.3 Å². The van der Waals surface area contributed by atoms with Crippen molar-refractivity contribution in [3.63, 3.8) is 0 Å². The van der Waals surface area contributed by atoms with Gasteiger partial charge < -0.3 is 19.5 Å². The lowest BCUT2D eigenvalue weighted by atomic mass is 10.2. The summed E-state index contributed by atoms with van der Waals surface area (Å²) in [6, 6.07) is 12.7. The predicted octanol–water partition coefficient (Wildman–Crippen LogP) is 1.86. The molecule has 0 aromatic heterocycles. The van der Waals surface area contributed by atoms with Gasteiger partial charge in [0.05, 0.1) is 4.90 Å². The molecular formula is C23H26N2O7S. The van der Waals surface area contributed by atoms with E-state index in [0.29, 0.717) is 44.1 Å². The summed E-state index contributed by atoms with van der Waals surface area (Å²) in [5.74, 6) is -0.361. The Balaban J connectivity index is 1.40. The van der Waals surface area contributed by atoms with Gasteiger partial charge in [-0.15, -0.1) is 0 Å². The number of carbonyl (C=O) groups excluding carboxylic acids is 2. The Bertz CT molecular complexity index is 1120. The van der Waals surface area contributed by atoms with Gasteiger partial charge in [0.1, 0.15) is 19.3 Å². The van der Waals surface area contributed by atoms with Gasteiger partial charge in [-0.05, 0) is 37.5 Å². The van der Waals surface area contributed by atoms with E-state index in [1.165, 1.54) is 19.1 Å². The van der Waals surface area contributed by atoms with E-state index >= 15 is 0 Å². The van der Waals surface area contributed by atoms with E-state index in [1.807, 2.05) is 30.3 Å². The Morgan fingerprint density at radius 3 is 2.61 bits per heavy atom. The van der Waals surface area contributed by atoms with Crippen molar-refractivity contribution in [1.29, 1.82) is 0 Å². The molecule has 0 radical (unpaired) electrons. The van der Waals surface area contributed by atoms with Crippen molar-refractivity contribution in [1.82, 2.24) is 9.62 Å². The highest BCUT2D eigenvalue weighted by atomic mass is 32.2. The Kier molecular flexibility index (Phi) is 6.85. The molecular weight excluding hydrogens is 448 g/mol. The largest absolute Gasteiger partial charge is 0.486 e. The van der Waals surface area contributed by atoms with Crippen LogP contribution in [0.25, 0.3) is 0 Å². The highest BCUT2D eigenvalue weighted by Gasteiger charge is 2.41. The Hall–Kier alpha value is -3.11. The van der Waals surface area contributed by atoms with Gasteiger partial charge in [0.15, 0.2) is 17.6 Å². The molecule has 176 valence electrons. The molecule has 0 aliphatic carbocycles. The fraction of sp³-hybridized carbons (Fsp3) is 0.391. The Labute approximate surface area is 192 Å². The molecule has 2 aliphatic heterocycles. The van der Waals surface area contributed by atoms with Crippen LogP contribution >= 0.6 is 0 Å². The summed E-state index contributed by atoms with van der Waals surface area (Å²) in [5.41, 5.74) is 0.914. The highest BCUT2D eigenvalue weighted by molar-refractivity contribution is 7.89. The number of nitrogens with one attached hydrogen (secondary N) is 1. The molecule has 4 rings (SSSR count). The first-order valence-electron chi connectivity index (χ1n) is 10.8. The maximum Gasteiger partial charge on any atom is 0.325 e. The quantitative estimate of drug-likeness (QED) is 0.610. The van der Waals surface area contributed by atoms with E-state index in [9.17, 15) is 18.0 Å². The lowest BCUT2D eigenvalue weighted by molar-refractivity contribution is -0.157. The van der Waals surface area contributed by atoms with Crippen LogP contribution in [-0.4, -0.2) is 56.5 Å². The van der Waals surface area contributed by atoms with E-state index in [1.54, 1.807) is 6.07 Å². The Morgan fingerprint density at radius 2 is 1.85 bits per heavy atom. The summed E-state index contributed by atoms with van der Waals surface area (Å²) in [6.07, 6.45) is -0.223. The molecule has 2 aromatic rings. The molecule has 10 heteroatoms. The number of benzene rings is 2. The van der Waals surface area contributed by atoms with Crippen molar-refractivity contribution in [2.45, 2.75) is 43.4 Å². The van der Waals surface area contributed by atoms with Gasteiger partial charge in [-0.2, -0.15) is 4.31 Å². The first kappa shape index (κ1) is 23.1. The van der Waals surface area contributed by atoms with E-state index < -0.39 is 34.0 Å². The van der Waals surface area contributed by atoms with Crippen LogP contribution in [0, 0.1) is 0 Å². The number of amides is 1. The van der Waals surface area contributed by atoms with Gasteiger partial charge in [-0.3, -0.25) is 9.59 Å². The summed E-state index contributed by atoms with van der Waals surface area (Å²) >= 11 is 0. The van der Waals surface area contributed by atoms with Crippen molar-refractivity contribution in [2.75, 3.05) is 19.8 Å². The zero-order valence-electron chi connectivity index (χ0n) is 18.2. The van der Waals surface area contributed by atoms with Crippen LogP contribution < -0.4 is 14.8 Å². The number of nitrogens with zero attached hydrogens (tertiary/aromatic N) is 1. The third kappa shape index (κ3) is 5.12. The smallest absolute Gasteiger partial charge is 0.325 e. The number of hydrogen-bond acceptors (Lipinski definition) is 7. The first-order chi connectivity index (χ1) is 15.9. The molecule has 2 heterocycles. The van der Waals surface area contributed by atoms with Crippen LogP contribution in [0.4, 0.5) is 0 Å². The summed E-state index contributed by atoms with van der Waals surface area (Å²) in [5, 5.41) is 2.72. The monoisotopic (exact) mass is 474 g/mol. The second-order valence-corrected chi connectivity index (χ2v) is 9.75. The number of sulfonamides is 1. The third-order valence-corrected chi connectivity index (χ3v) is 7.47. The van der Waals surface area contributed by atoms with E-state index in [2.05, 4.69) is 5.32 Å². The first-order valence-corrected chi connectivity index (χ1v) is 12.2. The summed E-state index contributed by atoms with van der Waals surface area (Å²) in [7, 11) is -3.97. The lowest BCUT2D eigenvalue weighted by Crippen LogP contribution is -2.44. The zero-order chi connectivity index (χ0) is 23.4. The summed E-state index contributed by atoms with van der Waals surface area (Å²) in [4.78, 5) is 25.2. The molecule has 33 heavy (non-hydrogen) atoms. The molecule has 2 atom stereocenters. The zero-order valence-corrected chi connectivity index (χ0v) is 19.0. The van der Waals surface area contributed by atoms with Crippen molar-refractivity contribution in [3.05, 3.63) is 54.1 Å². The maximum absolute atomic E-state index is 13.3. The third-order valence-electron chi connectivity index (χ3n) is 5.57. The molecule has 1 amide bonds. The average Bonchev–Trinajstić information content (AvgIpc) is 3.34. The van der Waals surface area contributed by atoms with Gasteiger partial charge in [0, 0.05) is 19.2 Å². The SMILES string of the molecule is C[C@H](OC(=O)[C@@H]1CCCN1S(=O)(=O)c1ccc2c(c1)OCCO2)C(=O)NCc1ccccc1. The van der Waals surface area contributed by atoms with Crippen molar-refractivity contribution < 1.29 is 32.2 Å². The molecule has 9 nitrogen and oxygen atoms in total. The standard InChI is InChI=1S/C23H26N2O7S/c1-16(22(26)24-15-17-6-3-2-4-7-17)32-23(27)19-8-5-11-25(19)33(28,29)18-9-10-20-21(14-18)31-13-12-30-20/h2-4,6-7,9-10,14,16,19H,5,8,11-13,15H2,1H3,(H,24,26)/t16-,19-/m0/s1. The number of hydrogen-bond donors (Lipinski definition) is 1. The van der Waals surface area contributed by atoms with Crippen molar-refractivity contribution in [2.24, 2.45) is 0 Å². The van der Waals surface area contributed by atoms with E-state index in [4.69, 9.17) is 14.2 Å². The minimum Gasteiger partial charge on any atom is -0.486 e. The second kappa shape index (κ2) is 9.80. The number of rotatable bonds is 7. The second-order valence-electron chi connectivity index (χ2n) is 7.86. The molecule has 2 aliphatic rings. The molecule has 0 unspecified atom stereocenters. The predicted molar refractivity (Wildman–Crippen MR) is 118 cm³/mol. The number of esters is 1. The topological polar surface area (TPSA) is 111 Å². The van der Waals surface area contributed by atoms with Crippen LogP contribution in [0.15, 0.2) is 53.4 Å². The molecule has 0 spiro atoms. The van der Waals surface area contributed by atoms with Crippen molar-refractivity contribution in [3.8, 4) is 11.5 Å². The van der Waals surface area contributed by atoms with Gasteiger partial charge in [0.25, 0.3) is 5.91 Å². The van der Waals surface area contributed by atoms with E-state index in [-0.39, 0.29) is 11.4 Å². The van der Waals surface area contributed by atoms with Crippen molar-refractivity contribution >= 4 is 21.9 Å². The summed E-state index contributed by atoms with van der Waals surface area (Å²) in [6.45, 7) is 2.68. The molecule has 0 bridgehead atoms. The number of carbonyl (C=O) groups is 2. The fourth-order valence-electron chi connectivity index (χ4n) is 3.82. The van der Waals surface area contributed by atoms with Crippen LogP contribution in [0.3, 0.4) is 0 Å². The molecule has 1 saturated heterocycles. The molecule has 2 aromatic carbocycles. The van der Waals surface area contributed by atoms with Crippen LogP contribution in [-0.2, 0) is 30.9 Å². The molecule has 1 fully saturated rings. The highest BCUT2D eigenvalue weighted by Crippen LogP contribution is 2.35. The van der Waals surface area contributed by atoms with E-state index in [0.717, 1.165) is 9.87 Å². The van der Waals surface area contributed by atoms with Gasteiger partial charge in [-0.25, -0.2) is 8.42 Å². The maximum atomic E-state index is 13.3. The minimum absolute atomic E-state index is 0.0140. The normalized spacial score (nSPS) is 19.0. The minimum atomic E-state index is -3.97. The fourth-order valence-corrected chi connectivity index (χ4v) is 5.48. The lowest BCUT2D eigenvalue weighted by Gasteiger charge is -2.25. The van der Waals surface area contributed by atoms with Crippen LogP contribution in [0.1, 0.15) is 25.3 Å². The van der Waals surface area contributed by atoms with Crippen LogP contribution in [0.2, 0.25) is 0 Å². The average molecular weight is 475 g/mol. The van der Waals surface area contributed by atoms with Crippen LogP contribution in [0.5, 0.6) is 11.5 Å². The molecule has 1 N–H and O–H groups in total. The molecule has 0 saturated carbocycles. The van der Waals surface area contributed by atoms with Gasteiger partial charge >= 0.3 is 5.97 Å². The summed E-state index contributed by atoms with van der Waals surface area (Å²) < 4.78 is 43.9. The number of fused-ring (bicyclic) bond motifs is 1.